The Hall–Kier alpha value is -0.160. The van der Waals surface area contributed by atoms with Gasteiger partial charge in [-0.2, -0.15) is 0 Å². The fourth-order valence-corrected chi connectivity index (χ4v) is 2.15. The van der Waals surface area contributed by atoms with Gasteiger partial charge in [0.25, 0.3) is 0 Å². The van der Waals surface area contributed by atoms with E-state index in [4.69, 9.17) is 4.74 Å². The molecule has 4 nitrogen and oxygen atoms in total. The zero-order valence-corrected chi connectivity index (χ0v) is 11.0. The van der Waals surface area contributed by atoms with Crippen molar-refractivity contribution in [3.8, 4) is 0 Å². The van der Waals surface area contributed by atoms with E-state index in [1.807, 2.05) is 7.05 Å². The first kappa shape index (κ1) is 13.9. The van der Waals surface area contributed by atoms with Gasteiger partial charge in [-0.1, -0.05) is 6.92 Å². The molecule has 1 atom stereocenters. The van der Waals surface area contributed by atoms with Crippen LogP contribution in [-0.2, 0) is 4.74 Å². The van der Waals surface area contributed by atoms with Crippen LogP contribution in [-0.4, -0.2) is 75.9 Å². The lowest BCUT2D eigenvalue weighted by Gasteiger charge is -2.33. The molecule has 1 saturated heterocycles. The van der Waals surface area contributed by atoms with E-state index in [0.29, 0.717) is 6.10 Å². The van der Waals surface area contributed by atoms with Gasteiger partial charge >= 0.3 is 0 Å². The Bertz CT molecular complexity index is 178. The molecule has 0 radical (unpaired) electrons. The van der Waals surface area contributed by atoms with E-state index in [-0.39, 0.29) is 0 Å². The molecule has 96 valence electrons. The Morgan fingerprint density at radius 2 is 2.25 bits per heavy atom. The molecule has 1 N–H and O–H groups in total. The molecule has 0 spiro atoms. The lowest BCUT2D eigenvalue weighted by Crippen LogP contribution is -2.47. The molecule has 1 aliphatic rings. The SMILES string of the molecule is CCCN(CCNC)CC1CN(C)CCO1. The van der Waals surface area contributed by atoms with Crippen LogP contribution in [0.4, 0.5) is 0 Å². The van der Waals surface area contributed by atoms with Gasteiger partial charge in [0.2, 0.25) is 0 Å². The topological polar surface area (TPSA) is 27.7 Å². The lowest BCUT2D eigenvalue weighted by molar-refractivity contribution is -0.0353. The smallest absolute Gasteiger partial charge is 0.0829 e. The van der Waals surface area contributed by atoms with Gasteiger partial charge in [-0.15, -0.1) is 0 Å². The summed E-state index contributed by atoms with van der Waals surface area (Å²) in [7, 11) is 4.18. The molecule has 1 fully saturated rings. The number of likely N-dealkylation sites (N-methyl/N-ethyl adjacent to an activating group) is 2. The molecular formula is C12H27N3O. The third-order valence-electron chi connectivity index (χ3n) is 3.02. The van der Waals surface area contributed by atoms with Crippen LogP contribution in [0.25, 0.3) is 0 Å². The molecule has 0 amide bonds. The van der Waals surface area contributed by atoms with E-state index in [0.717, 1.165) is 39.3 Å². The van der Waals surface area contributed by atoms with Crippen LogP contribution in [0.1, 0.15) is 13.3 Å². The van der Waals surface area contributed by atoms with Gasteiger partial charge < -0.3 is 15.0 Å². The van der Waals surface area contributed by atoms with Gasteiger partial charge in [0, 0.05) is 32.7 Å². The summed E-state index contributed by atoms with van der Waals surface area (Å²) in [4.78, 5) is 4.86. The van der Waals surface area contributed by atoms with E-state index in [1.165, 1.54) is 13.0 Å². The van der Waals surface area contributed by atoms with Gasteiger partial charge in [0.15, 0.2) is 0 Å². The third kappa shape index (κ3) is 5.25. The van der Waals surface area contributed by atoms with E-state index in [1.54, 1.807) is 0 Å². The molecule has 16 heavy (non-hydrogen) atoms. The van der Waals surface area contributed by atoms with Crippen molar-refractivity contribution in [1.82, 2.24) is 15.1 Å². The molecular weight excluding hydrogens is 202 g/mol. The van der Waals surface area contributed by atoms with Crippen LogP contribution in [0, 0.1) is 0 Å². The summed E-state index contributed by atoms with van der Waals surface area (Å²) in [6.07, 6.45) is 1.61. The average molecular weight is 229 g/mol. The van der Waals surface area contributed by atoms with Gasteiger partial charge in [0.05, 0.1) is 12.7 Å². The number of hydrogen-bond acceptors (Lipinski definition) is 4. The lowest BCUT2D eigenvalue weighted by atomic mass is 10.2. The Morgan fingerprint density at radius 1 is 1.44 bits per heavy atom. The van der Waals surface area contributed by atoms with Gasteiger partial charge in [0.1, 0.15) is 0 Å². The van der Waals surface area contributed by atoms with Crippen LogP contribution >= 0.6 is 0 Å². The standard InChI is InChI=1S/C12H27N3O/c1-4-6-15(7-5-13-2)11-12-10-14(3)8-9-16-12/h12-13H,4-11H2,1-3H3. The van der Waals surface area contributed by atoms with Crippen LogP contribution in [0.5, 0.6) is 0 Å². The minimum Gasteiger partial charge on any atom is -0.374 e. The van der Waals surface area contributed by atoms with E-state index in [2.05, 4.69) is 29.1 Å². The summed E-state index contributed by atoms with van der Waals surface area (Å²) < 4.78 is 5.80. The predicted molar refractivity (Wildman–Crippen MR) is 67.9 cm³/mol. The largest absolute Gasteiger partial charge is 0.374 e. The van der Waals surface area contributed by atoms with Crippen molar-refractivity contribution in [3.05, 3.63) is 0 Å². The Balaban J connectivity index is 2.28. The van der Waals surface area contributed by atoms with Crippen LogP contribution in [0.3, 0.4) is 0 Å². The monoisotopic (exact) mass is 229 g/mol. The molecule has 0 aromatic rings. The molecule has 0 saturated carbocycles. The summed E-state index contributed by atoms with van der Waals surface area (Å²) in [6, 6.07) is 0. The molecule has 1 heterocycles. The average Bonchev–Trinajstić information content (AvgIpc) is 2.26. The summed E-state index contributed by atoms with van der Waals surface area (Å²) in [6.45, 7) is 9.68. The van der Waals surface area contributed by atoms with Crippen LogP contribution in [0.15, 0.2) is 0 Å². The normalized spacial score (nSPS) is 22.9. The first-order valence-electron chi connectivity index (χ1n) is 6.43. The number of ether oxygens (including phenoxy) is 1. The molecule has 1 unspecified atom stereocenters. The Labute approximate surface area is 99.9 Å². The maximum Gasteiger partial charge on any atom is 0.0829 e. The molecule has 0 aromatic carbocycles. The quantitative estimate of drug-likeness (QED) is 0.677. The molecule has 1 rings (SSSR count). The van der Waals surface area contributed by atoms with E-state index >= 15 is 0 Å². The first-order chi connectivity index (χ1) is 7.76. The number of rotatable bonds is 7. The van der Waals surface area contributed by atoms with Crippen LogP contribution in [0.2, 0.25) is 0 Å². The van der Waals surface area contributed by atoms with Crippen molar-refractivity contribution in [3.63, 3.8) is 0 Å². The van der Waals surface area contributed by atoms with Crippen molar-refractivity contribution in [1.29, 1.82) is 0 Å². The zero-order chi connectivity index (χ0) is 11.8. The van der Waals surface area contributed by atoms with Crippen molar-refractivity contribution >= 4 is 0 Å². The second kappa shape index (κ2) is 8.01. The maximum absolute atomic E-state index is 5.80. The number of nitrogens with zero attached hydrogens (tertiary/aromatic N) is 2. The summed E-state index contributed by atoms with van der Waals surface area (Å²) >= 11 is 0. The zero-order valence-electron chi connectivity index (χ0n) is 11.0. The highest BCUT2D eigenvalue weighted by atomic mass is 16.5. The second-order valence-electron chi connectivity index (χ2n) is 4.66. The van der Waals surface area contributed by atoms with Gasteiger partial charge in [-0.25, -0.2) is 0 Å². The molecule has 0 bridgehead atoms. The minimum atomic E-state index is 0.391. The number of nitrogens with one attached hydrogen (secondary N) is 1. The van der Waals surface area contributed by atoms with Crippen molar-refractivity contribution in [2.75, 3.05) is 60.0 Å². The van der Waals surface area contributed by atoms with E-state index < -0.39 is 0 Å². The van der Waals surface area contributed by atoms with Crippen molar-refractivity contribution in [2.45, 2.75) is 19.4 Å². The van der Waals surface area contributed by atoms with Crippen molar-refractivity contribution < 1.29 is 4.74 Å². The van der Waals surface area contributed by atoms with Crippen LogP contribution < -0.4 is 5.32 Å². The second-order valence-corrected chi connectivity index (χ2v) is 4.66. The molecule has 1 aliphatic heterocycles. The highest BCUT2D eigenvalue weighted by Crippen LogP contribution is 2.05. The maximum atomic E-state index is 5.80. The fourth-order valence-electron chi connectivity index (χ4n) is 2.15. The molecule has 4 heteroatoms. The Kier molecular flexibility index (Phi) is 6.96. The first-order valence-corrected chi connectivity index (χ1v) is 6.43. The summed E-state index contributed by atoms with van der Waals surface area (Å²) in [5.74, 6) is 0. The number of hydrogen-bond donors (Lipinski definition) is 1. The minimum absolute atomic E-state index is 0.391. The summed E-state index contributed by atoms with van der Waals surface area (Å²) in [5, 5.41) is 3.21. The fraction of sp³-hybridized carbons (Fsp3) is 1.00. The van der Waals surface area contributed by atoms with Gasteiger partial charge in [-0.05, 0) is 27.1 Å². The van der Waals surface area contributed by atoms with Crippen molar-refractivity contribution in [2.24, 2.45) is 0 Å². The Morgan fingerprint density at radius 3 is 2.88 bits per heavy atom. The summed E-state index contributed by atoms with van der Waals surface area (Å²) in [5.41, 5.74) is 0. The third-order valence-corrected chi connectivity index (χ3v) is 3.02. The molecule has 0 aliphatic carbocycles. The highest BCUT2D eigenvalue weighted by Gasteiger charge is 2.19. The van der Waals surface area contributed by atoms with Gasteiger partial charge in [-0.3, -0.25) is 4.90 Å². The highest BCUT2D eigenvalue weighted by molar-refractivity contribution is 4.73. The van der Waals surface area contributed by atoms with E-state index in [9.17, 15) is 0 Å². The number of morpholine rings is 1. The predicted octanol–water partition coefficient (Wildman–Crippen LogP) is 0.248. The molecule has 0 aromatic heterocycles.